The van der Waals surface area contributed by atoms with E-state index in [0.29, 0.717) is 13.0 Å². The van der Waals surface area contributed by atoms with Gasteiger partial charge in [0.15, 0.2) is 0 Å². The Balaban J connectivity index is 4.87. The minimum atomic E-state index is -0.620. The number of hydrogen-bond acceptors (Lipinski definition) is 3. The predicted molar refractivity (Wildman–Crippen MR) is 145 cm³/mol. The molecule has 0 aromatic heterocycles. The Bertz CT molecular complexity index is 466. The number of hydrogen-bond donors (Lipinski definition) is 0. The molecule has 0 spiro atoms. The first-order valence-corrected chi connectivity index (χ1v) is 14.6. The Morgan fingerprint density at radius 1 is 0.588 bits per heavy atom. The van der Waals surface area contributed by atoms with E-state index < -0.39 is 5.92 Å². The van der Waals surface area contributed by atoms with Gasteiger partial charge in [0.05, 0.1) is 0 Å². The summed E-state index contributed by atoms with van der Waals surface area (Å²) in [7, 11) is 3.50. The van der Waals surface area contributed by atoms with Crippen LogP contribution in [0.4, 0.5) is 0 Å². The molecule has 0 heterocycles. The molecule has 0 aromatic rings. The normalized spacial score (nSPS) is 12.0. The molecule has 0 N–H and O–H groups in total. The lowest BCUT2D eigenvalue weighted by Gasteiger charge is -2.28. The van der Waals surface area contributed by atoms with Crippen molar-refractivity contribution in [3.8, 4) is 0 Å². The smallest absolute Gasteiger partial charge is 0.235 e. The first kappa shape index (κ1) is 32.9. The summed E-state index contributed by atoms with van der Waals surface area (Å²) in [6.45, 7) is 9.41. The maximum Gasteiger partial charge on any atom is 0.235 e. The van der Waals surface area contributed by atoms with E-state index in [0.717, 1.165) is 51.8 Å². The Labute approximate surface area is 212 Å². The molecule has 0 radical (unpaired) electrons. The van der Waals surface area contributed by atoms with Crippen molar-refractivity contribution in [1.82, 2.24) is 9.80 Å². The molecule has 0 fully saturated rings. The zero-order chi connectivity index (χ0) is 25.4. The highest BCUT2D eigenvalue weighted by Crippen LogP contribution is 2.16. The summed E-state index contributed by atoms with van der Waals surface area (Å²) >= 11 is 0. The van der Waals surface area contributed by atoms with Crippen molar-refractivity contribution in [2.45, 2.75) is 130 Å². The van der Waals surface area contributed by atoms with Gasteiger partial charge < -0.3 is 14.5 Å². The predicted octanol–water partition coefficient (Wildman–Crippen LogP) is 7.23. The highest BCUT2D eigenvalue weighted by Gasteiger charge is 2.31. The van der Waals surface area contributed by atoms with E-state index in [1.165, 1.54) is 70.6 Å². The van der Waals surface area contributed by atoms with Crippen LogP contribution in [0.25, 0.3) is 0 Å². The van der Waals surface area contributed by atoms with E-state index in [-0.39, 0.29) is 11.8 Å². The van der Waals surface area contributed by atoms with E-state index in [1.807, 2.05) is 4.90 Å². The minimum absolute atomic E-state index is 0.00963. The first-order chi connectivity index (χ1) is 16.5. The van der Waals surface area contributed by atoms with Gasteiger partial charge in [-0.1, -0.05) is 104 Å². The van der Waals surface area contributed by atoms with Crippen LogP contribution in [0.2, 0.25) is 0 Å². The lowest BCUT2D eigenvalue weighted by molar-refractivity contribution is -0.147. The second kappa shape index (κ2) is 23.6. The molecule has 0 rings (SSSR count). The zero-order valence-corrected chi connectivity index (χ0v) is 23.5. The Kier molecular flexibility index (Phi) is 22.9. The standard InChI is InChI=1S/C29H58N2O3/c1-6-9-12-15-17-19-23-31(24-20-18-16-13-10-7-2)29(33)27(28(32)30(4)5)22-26-34-25-21-14-11-8-3/h27H,6-26H2,1-5H3. The van der Waals surface area contributed by atoms with Crippen LogP contribution in [0.1, 0.15) is 130 Å². The maximum absolute atomic E-state index is 13.5. The van der Waals surface area contributed by atoms with Gasteiger partial charge in [0.25, 0.3) is 0 Å². The Hall–Kier alpha value is -1.10. The highest BCUT2D eigenvalue weighted by atomic mass is 16.5. The average Bonchev–Trinajstić information content (AvgIpc) is 2.83. The minimum Gasteiger partial charge on any atom is -0.381 e. The van der Waals surface area contributed by atoms with Gasteiger partial charge in [-0.15, -0.1) is 0 Å². The lowest BCUT2D eigenvalue weighted by Crippen LogP contribution is -2.44. The summed E-state index contributed by atoms with van der Waals surface area (Å²) < 4.78 is 5.80. The molecule has 5 heteroatoms. The number of carbonyl (C=O) groups excluding carboxylic acids is 2. The molecule has 0 saturated carbocycles. The number of carbonyl (C=O) groups is 2. The van der Waals surface area contributed by atoms with E-state index >= 15 is 0 Å². The van der Waals surface area contributed by atoms with E-state index in [4.69, 9.17) is 4.74 Å². The van der Waals surface area contributed by atoms with Crippen LogP contribution in [0.3, 0.4) is 0 Å². The zero-order valence-electron chi connectivity index (χ0n) is 23.5. The fraction of sp³-hybridized carbons (Fsp3) is 0.931. The van der Waals surface area contributed by atoms with Crippen molar-refractivity contribution in [3.05, 3.63) is 0 Å². The fourth-order valence-electron chi connectivity index (χ4n) is 4.32. The maximum atomic E-state index is 13.5. The third-order valence-corrected chi connectivity index (χ3v) is 6.60. The summed E-state index contributed by atoms with van der Waals surface area (Å²) in [6.07, 6.45) is 19.6. The van der Waals surface area contributed by atoms with Crippen LogP contribution in [0, 0.1) is 5.92 Å². The largest absolute Gasteiger partial charge is 0.381 e. The quantitative estimate of drug-likeness (QED) is 0.108. The van der Waals surface area contributed by atoms with E-state index in [2.05, 4.69) is 20.8 Å². The molecule has 0 bridgehead atoms. The molecular formula is C29H58N2O3. The topological polar surface area (TPSA) is 49.9 Å². The second-order valence-corrected chi connectivity index (χ2v) is 10.1. The van der Waals surface area contributed by atoms with Crippen LogP contribution < -0.4 is 0 Å². The number of nitrogens with zero attached hydrogens (tertiary/aromatic N) is 2. The summed E-state index contributed by atoms with van der Waals surface area (Å²) in [5, 5.41) is 0. The number of unbranched alkanes of at least 4 members (excludes halogenated alkanes) is 13. The third-order valence-electron chi connectivity index (χ3n) is 6.60. The highest BCUT2D eigenvalue weighted by molar-refractivity contribution is 6.00. The summed E-state index contributed by atoms with van der Waals surface area (Å²) in [6, 6.07) is 0. The summed E-state index contributed by atoms with van der Waals surface area (Å²) in [4.78, 5) is 30.0. The average molecular weight is 483 g/mol. The van der Waals surface area contributed by atoms with Gasteiger partial charge in [-0.25, -0.2) is 0 Å². The van der Waals surface area contributed by atoms with E-state index in [9.17, 15) is 9.59 Å². The molecule has 0 aliphatic heterocycles. The van der Waals surface area contributed by atoms with Gasteiger partial charge in [-0.3, -0.25) is 9.59 Å². The van der Waals surface area contributed by atoms with Crippen molar-refractivity contribution < 1.29 is 14.3 Å². The van der Waals surface area contributed by atoms with E-state index in [1.54, 1.807) is 19.0 Å². The molecule has 34 heavy (non-hydrogen) atoms. The number of amides is 2. The Morgan fingerprint density at radius 2 is 1.03 bits per heavy atom. The number of rotatable bonds is 24. The van der Waals surface area contributed by atoms with Crippen molar-refractivity contribution in [2.24, 2.45) is 5.92 Å². The molecule has 1 atom stereocenters. The molecule has 1 unspecified atom stereocenters. The fourth-order valence-corrected chi connectivity index (χ4v) is 4.32. The van der Waals surface area contributed by atoms with Crippen molar-refractivity contribution in [1.29, 1.82) is 0 Å². The van der Waals surface area contributed by atoms with Gasteiger partial charge in [0.2, 0.25) is 11.8 Å². The SMILES string of the molecule is CCCCCCCCN(CCCCCCCC)C(=O)C(CCOCCCCCC)C(=O)N(C)C. The lowest BCUT2D eigenvalue weighted by atomic mass is 10.0. The van der Waals surface area contributed by atoms with Crippen molar-refractivity contribution >= 4 is 11.8 Å². The molecule has 2 amide bonds. The van der Waals surface area contributed by atoms with Gasteiger partial charge in [0, 0.05) is 40.4 Å². The summed E-state index contributed by atoms with van der Waals surface area (Å²) in [5.74, 6) is -0.698. The van der Waals surface area contributed by atoms with Crippen LogP contribution in [0.5, 0.6) is 0 Å². The van der Waals surface area contributed by atoms with Crippen molar-refractivity contribution in [3.63, 3.8) is 0 Å². The molecule has 5 nitrogen and oxygen atoms in total. The molecule has 0 aromatic carbocycles. The number of ether oxygens (including phenoxy) is 1. The molecule has 0 aliphatic carbocycles. The van der Waals surface area contributed by atoms with Crippen molar-refractivity contribution in [2.75, 3.05) is 40.4 Å². The van der Waals surface area contributed by atoms with Gasteiger partial charge >= 0.3 is 0 Å². The molecule has 202 valence electrons. The van der Waals surface area contributed by atoms with Crippen LogP contribution in [0.15, 0.2) is 0 Å². The second-order valence-electron chi connectivity index (χ2n) is 10.1. The van der Waals surface area contributed by atoms with Gasteiger partial charge in [-0.2, -0.15) is 0 Å². The van der Waals surface area contributed by atoms with Crippen LogP contribution in [-0.4, -0.2) is 62.0 Å². The molecule has 0 aliphatic rings. The molecule has 0 saturated heterocycles. The van der Waals surface area contributed by atoms with Crippen LogP contribution >= 0.6 is 0 Å². The summed E-state index contributed by atoms with van der Waals surface area (Å²) in [5.41, 5.74) is 0. The molecular weight excluding hydrogens is 424 g/mol. The Morgan fingerprint density at radius 3 is 1.50 bits per heavy atom. The monoisotopic (exact) mass is 482 g/mol. The van der Waals surface area contributed by atoms with Gasteiger partial charge in [-0.05, 0) is 25.7 Å². The third kappa shape index (κ3) is 17.4. The van der Waals surface area contributed by atoms with Gasteiger partial charge in [0.1, 0.15) is 5.92 Å². The van der Waals surface area contributed by atoms with Crippen LogP contribution in [-0.2, 0) is 14.3 Å². The first-order valence-electron chi connectivity index (χ1n) is 14.6.